The molecule has 0 saturated heterocycles. The summed E-state index contributed by atoms with van der Waals surface area (Å²) in [6, 6.07) is 1.66. The summed E-state index contributed by atoms with van der Waals surface area (Å²) in [5.41, 5.74) is 1.57. The van der Waals surface area contributed by atoms with Crippen LogP contribution in [0, 0.1) is 13.8 Å². The van der Waals surface area contributed by atoms with Crippen LogP contribution < -0.4 is 16.2 Å². The number of rotatable bonds is 4. The van der Waals surface area contributed by atoms with E-state index in [1.807, 2.05) is 6.92 Å². The molecule has 2 amide bonds. The predicted octanol–water partition coefficient (Wildman–Crippen LogP) is 1.52. The van der Waals surface area contributed by atoms with E-state index in [0.29, 0.717) is 23.4 Å². The summed E-state index contributed by atoms with van der Waals surface area (Å²) in [6.45, 7) is 5.39. The minimum atomic E-state index is -0.768. The van der Waals surface area contributed by atoms with E-state index in [4.69, 9.17) is 0 Å². The zero-order valence-corrected chi connectivity index (χ0v) is 16.5. The van der Waals surface area contributed by atoms with Crippen LogP contribution in [0.3, 0.4) is 0 Å². The lowest BCUT2D eigenvalue weighted by molar-refractivity contribution is -0.136. The van der Waals surface area contributed by atoms with Crippen molar-refractivity contribution in [1.82, 2.24) is 25.1 Å². The van der Waals surface area contributed by atoms with Crippen LogP contribution in [0.2, 0.25) is 0 Å². The van der Waals surface area contributed by atoms with Gasteiger partial charge in [0.25, 0.3) is 5.56 Å². The van der Waals surface area contributed by atoms with Crippen LogP contribution in [0.4, 0.5) is 5.82 Å². The summed E-state index contributed by atoms with van der Waals surface area (Å²) < 4.78 is 1.33. The number of carbonyl (C=O) groups is 2. The van der Waals surface area contributed by atoms with E-state index in [2.05, 4.69) is 25.7 Å². The van der Waals surface area contributed by atoms with Crippen molar-refractivity contribution >= 4 is 17.6 Å². The maximum absolute atomic E-state index is 12.4. The summed E-state index contributed by atoms with van der Waals surface area (Å²) in [4.78, 5) is 43.9. The number of hydrogen-bond donors (Lipinski definition) is 3. The number of carbonyl (C=O) groups excluding carboxylic acids is 2. The van der Waals surface area contributed by atoms with Crippen LogP contribution >= 0.6 is 0 Å². The van der Waals surface area contributed by atoms with Gasteiger partial charge in [-0.15, -0.1) is 0 Å². The Morgan fingerprint density at radius 3 is 2.57 bits per heavy atom. The van der Waals surface area contributed by atoms with Gasteiger partial charge < -0.3 is 10.6 Å². The van der Waals surface area contributed by atoms with Crippen LogP contribution in [0.5, 0.6) is 0 Å². The van der Waals surface area contributed by atoms with Crippen molar-refractivity contribution in [1.29, 1.82) is 0 Å². The number of nitrogens with zero attached hydrogens (tertiary/aromatic N) is 3. The van der Waals surface area contributed by atoms with Crippen LogP contribution in [0.1, 0.15) is 56.0 Å². The Bertz CT molecular complexity index is 940. The lowest BCUT2D eigenvalue weighted by Crippen LogP contribution is -2.42. The van der Waals surface area contributed by atoms with Gasteiger partial charge in [-0.3, -0.25) is 19.4 Å². The Hall–Kier alpha value is -2.97. The zero-order valence-electron chi connectivity index (χ0n) is 16.5. The molecule has 2 aromatic rings. The van der Waals surface area contributed by atoms with Gasteiger partial charge in [0.15, 0.2) is 0 Å². The molecule has 0 unspecified atom stereocenters. The number of nitrogens with one attached hydrogen (secondary N) is 3. The van der Waals surface area contributed by atoms with Gasteiger partial charge in [-0.05, 0) is 33.1 Å². The molecule has 1 aliphatic carbocycles. The van der Waals surface area contributed by atoms with Crippen LogP contribution in [-0.2, 0) is 16.0 Å². The molecule has 0 atom stereocenters. The molecule has 0 aliphatic heterocycles. The minimum absolute atomic E-state index is 0.0425. The molecule has 150 valence electrons. The Labute approximate surface area is 162 Å². The summed E-state index contributed by atoms with van der Waals surface area (Å²) in [5.74, 6) is -0.976. The molecule has 9 heteroatoms. The largest absolute Gasteiger partial charge is 0.345 e. The van der Waals surface area contributed by atoms with Gasteiger partial charge >= 0.3 is 11.8 Å². The zero-order chi connectivity index (χ0) is 20.3. The van der Waals surface area contributed by atoms with Crippen molar-refractivity contribution < 1.29 is 9.59 Å². The van der Waals surface area contributed by atoms with Gasteiger partial charge in [0.05, 0.1) is 5.69 Å². The molecule has 9 nitrogen and oxygen atoms in total. The molecule has 0 radical (unpaired) electrons. The highest BCUT2D eigenvalue weighted by atomic mass is 16.2. The maximum atomic E-state index is 12.4. The van der Waals surface area contributed by atoms with Gasteiger partial charge in [-0.25, -0.2) is 4.98 Å². The second-order valence-corrected chi connectivity index (χ2v) is 7.15. The molecular weight excluding hydrogens is 360 g/mol. The fourth-order valence-corrected chi connectivity index (χ4v) is 3.53. The molecule has 1 fully saturated rings. The van der Waals surface area contributed by atoms with Gasteiger partial charge in [0, 0.05) is 23.4 Å². The average molecular weight is 386 g/mol. The van der Waals surface area contributed by atoms with Crippen molar-refractivity contribution in [3.8, 4) is 5.95 Å². The number of amides is 2. The van der Waals surface area contributed by atoms with Crippen molar-refractivity contribution in [2.45, 2.75) is 65.3 Å². The first kappa shape index (κ1) is 19.8. The molecule has 3 N–H and O–H groups in total. The highest BCUT2D eigenvalue weighted by Crippen LogP contribution is 2.18. The van der Waals surface area contributed by atoms with E-state index in [1.165, 1.54) is 11.1 Å². The number of hydrogen-bond acceptors (Lipinski definition) is 5. The lowest BCUT2D eigenvalue weighted by atomic mass is 9.95. The summed E-state index contributed by atoms with van der Waals surface area (Å²) in [7, 11) is 0. The molecule has 1 saturated carbocycles. The molecule has 2 heterocycles. The summed E-state index contributed by atoms with van der Waals surface area (Å²) >= 11 is 0. The molecule has 1 aliphatic rings. The molecule has 2 aromatic heterocycles. The van der Waals surface area contributed by atoms with Crippen molar-refractivity contribution in [3.63, 3.8) is 0 Å². The smallest absolute Gasteiger partial charge is 0.314 e. The molecule has 0 spiro atoms. The SMILES string of the molecule is CCc1c(C)nc(-n2nc(C)cc2NC(=O)C(=O)NC2CCCCC2)[nH]c1=O. The van der Waals surface area contributed by atoms with E-state index in [9.17, 15) is 14.4 Å². The van der Waals surface area contributed by atoms with E-state index in [1.54, 1.807) is 19.9 Å². The first-order chi connectivity index (χ1) is 13.4. The average Bonchev–Trinajstić information content (AvgIpc) is 3.02. The van der Waals surface area contributed by atoms with Gasteiger partial charge in [0.2, 0.25) is 5.95 Å². The molecule has 0 aromatic carbocycles. The third-order valence-corrected chi connectivity index (χ3v) is 4.98. The van der Waals surface area contributed by atoms with E-state index in [0.717, 1.165) is 25.7 Å². The number of anilines is 1. The van der Waals surface area contributed by atoms with E-state index in [-0.39, 0.29) is 23.4 Å². The van der Waals surface area contributed by atoms with Crippen molar-refractivity contribution in [3.05, 3.63) is 33.4 Å². The van der Waals surface area contributed by atoms with E-state index < -0.39 is 11.8 Å². The highest BCUT2D eigenvalue weighted by molar-refractivity contribution is 6.39. The summed E-state index contributed by atoms with van der Waals surface area (Å²) in [6.07, 6.45) is 5.64. The van der Waals surface area contributed by atoms with Gasteiger partial charge in [-0.1, -0.05) is 26.2 Å². The third kappa shape index (κ3) is 4.29. The topological polar surface area (TPSA) is 122 Å². The molecule has 28 heavy (non-hydrogen) atoms. The maximum Gasteiger partial charge on any atom is 0.314 e. The van der Waals surface area contributed by atoms with Crippen molar-refractivity contribution in [2.75, 3.05) is 5.32 Å². The monoisotopic (exact) mass is 386 g/mol. The summed E-state index contributed by atoms with van der Waals surface area (Å²) in [5, 5.41) is 9.64. The predicted molar refractivity (Wildman–Crippen MR) is 104 cm³/mol. The first-order valence-corrected chi connectivity index (χ1v) is 9.67. The second kappa shape index (κ2) is 8.37. The highest BCUT2D eigenvalue weighted by Gasteiger charge is 2.22. The molecule has 0 bridgehead atoms. The fraction of sp³-hybridized carbons (Fsp3) is 0.526. The van der Waals surface area contributed by atoms with Gasteiger partial charge in [-0.2, -0.15) is 9.78 Å². The fourth-order valence-electron chi connectivity index (χ4n) is 3.53. The Kier molecular flexibility index (Phi) is 5.91. The van der Waals surface area contributed by atoms with Crippen LogP contribution in [0.25, 0.3) is 5.95 Å². The number of H-pyrrole nitrogens is 1. The normalized spacial score (nSPS) is 14.7. The molecule has 3 rings (SSSR count). The third-order valence-electron chi connectivity index (χ3n) is 4.98. The van der Waals surface area contributed by atoms with Gasteiger partial charge in [0.1, 0.15) is 5.82 Å². The standard InChI is InChI=1S/C19H26N6O3/c1-4-14-12(3)20-19(23-16(14)26)25-15(10-11(2)24-25)22-18(28)17(27)21-13-8-6-5-7-9-13/h10,13H,4-9H2,1-3H3,(H,21,27)(H,22,28)(H,20,23,26). The Morgan fingerprint density at radius 1 is 1.21 bits per heavy atom. The Morgan fingerprint density at radius 2 is 1.93 bits per heavy atom. The lowest BCUT2D eigenvalue weighted by Gasteiger charge is -2.22. The van der Waals surface area contributed by atoms with Crippen LogP contribution in [0.15, 0.2) is 10.9 Å². The second-order valence-electron chi connectivity index (χ2n) is 7.15. The Balaban J connectivity index is 1.79. The van der Waals surface area contributed by atoms with Crippen LogP contribution in [-0.4, -0.2) is 37.6 Å². The number of aromatic nitrogens is 4. The quantitative estimate of drug-likeness (QED) is 0.688. The first-order valence-electron chi connectivity index (χ1n) is 9.67. The van der Waals surface area contributed by atoms with E-state index >= 15 is 0 Å². The van der Waals surface area contributed by atoms with Crippen molar-refractivity contribution in [2.24, 2.45) is 0 Å². The molecular formula is C19H26N6O3. The number of aryl methyl sites for hydroxylation is 2. The minimum Gasteiger partial charge on any atom is -0.345 e. The number of aromatic amines is 1.